The fourth-order valence-corrected chi connectivity index (χ4v) is 11.6. The molecule has 0 rings (SSSR count). The largest absolute Gasteiger partial charge is 0.397 e. The maximum atomic E-state index is 12.3. The highest BCUT2D eigenvalue weighted by atomic mass is 33.1. The minimum atomic E-state index is -4.22. The van der Waals surface area contributed by atoms with Gasteiger partial charge < -0.3 is 18.8 Å². The molecule has 0 aliphatic rings. The molecule has 0 spiro atoms. The third kappa shape index (κ3) is 37.3. The molecule has 272 valence electrons. The van der Waals surface area contributed by atoms with Crippen LogP contribution in [0, 0.1) is 0 Å². The Kier molecular flexibility index (Phi) is 35.0. The third-order valence-electron chi connectivity index (χ3n) is 8.71. The second kappa shape index (κ2) is 34.5. The molecule has 2 unspecified atom stereocenters. The molecule has 0 amide bonds. The van der Waals surface area contributed by atoms with E-state index in [1.807, 2.05) is 0 Å². The van der Waals surface area contributed by atoms with Gasteiger partial charge in [0.05, 0.1) is 24.2 Å². The van der Waals surface area contributed by atoms with E-state index >= 15 is 0 Å². The van der Waals surface area contributed by atoms with Gasteiger partial charge in [0, 0.05) is 0 Å². The van der Waals surface area contributed by atoms with Crippen molar-refractivity contribution in [3.05, 3.63) is 0 Å². The van der Waals surface area contributed by atoms with Crippen LogP contribution >= 0.6 is 24.6 Å². The van der Waals surface area contributed by atoms with Crippen LogP contribution < -0.4 is 0 Å². The van der Waals surface area contributed by atoms with E-state index in [2.05, 4.69) is 13.8 Å². The molecule has 0 aliphatic heterocycles. The summed E-state index contributed by atoms with van der Waals surface area (Å²) in [5.41, 5.74) is 0. The first-order chi connectivity index (χ1) is 21.8. The summed E-state index contributed by atoms with van der Waals surface area (Å²) in [6.07, 6.45) is 40.4. The zero-order valence-corrected chi connectivity index (χ0v) is 32.5. The quantitative estimate of drug-likeness (QED) is 0.0489. The predicted octanol–water partition coefficient (Wildman–Crippen LogP) is 14.5. The topological polar surface area (TPSA) is 93.1 Å². The average Bonchev–Trinajstić information content (AvgIpc) is 2.99. The Hall–Kier alpha value is 0.650. The van der Waals surface area contributed by atoms with Gasteiger partial charge in [-0.3, -0.25) is 0 Å². The number of hydrogen-bond donors (Lipinski definition) is 2. The van der Waals surface area contributed by atoms with Crippen molar-refractivity contribution in [2.75, 3.05) is 13.2 Å². The van der Waals surface area contributed by atoms with Crippen molar-refractivity contribution in [2.45, 2.75) is 219 Å². The standard InChI is InChI=1S/C36H76O6P2S/c1-3-5-7-9-11-13-15-17-19-21-23-25-27-29-31-33-35-41-43(37,38)45-44(39,40)42-36-34-32-30-28-26-24-22-20-18-16-14-12-10-8-6-4-2/h3-36H2,1-2H3,(H,37,38)(H,39,40). The van der Waals surface area contributed by atoms with Crippen molar-refractivity contribution in [3.8, 4) is 0 Å². The van der Waals surface area contributed by atoms with E-state index in [1.54, 1.807) is 0 Å². The highest BCUT2D eigenvalue weighted by Crippen LogP contribution is 2.74. The molecule has 0 radical (unpaired) electrons. The molecule has 0 aromatic carbocycles. The van der Waals surface area contributed by atoms with Crippen LogP contribution in [0.15, 0.2) is 0 Å². The van der Waals surface area contributed by atoms with Crippen LogP contribution in [0.4, 0.5) is 0 Å². The van der Waals surface area contributed by atoms with Gasteiger partial charge in [0.25, 0.3) is 0 Å². The molecule has 2 N–H and O–H groups in total. The van der Waals surface area contributed by atoms with E-state index in [4.69, 9.17) is 9.05 Å². The summed E-state index contributed by atoms with van der Waals surface area (Å²) < 4.78 is 34.7. The Bertz CT molecular complexity index is 640. The van der Waals surface area contributed by atoms with Crippen LogP contribution in [0.5, 0.6) is 0 Å². The summed E-state index contributed by atoms with van der Waals surface area (Å²) in [5.74, 6) is 0. The maximum absolute atomic E-state index is 12.3. The lowest BCUT2D eigenvalue weighted by molar-refractivity contribution is 0.263. The van der Waals surface area contributed by atoms with Crippen LogP contribution in [0.25, 0.3) is 0 Å². The minimum Gasteiger partial charge on any atom is -0.316 e. The van der Waals surface area contributed by atoms with Gasteiger partial charge in [-0.15, -0.1) is 0 Å². The summed E-state index contributed by atoms with van der Waals surface area (Å²) in [4.78, 5) is 20.0. The zero-order chi connectivity index (χ0) is 33.2. The fraction of sp³-hybridized carbons (Fsp3) is 1.00. The summed E-state index contributed by atoms with van der Waals surface area (Å²) >= 11 is 0.0587. The number of unbranched alkanes of at least 4 members (excludes halogenated alkanes) is 30. The summed E-state index contributed by atoms with van der Waals surface area (Å²) in [7, 11) is 0. The molecule has 0 saturated heterocycles. The second-order valence-corrected chi connectivity index (χ2v) is 20.6. The van der Waals surface area contributed by atoms with Gasteiger partial charge in [-0.25, -0.2) is 9.13 Å². The lowest BCUT2D eigenvalue weighted by Crippen LogP contribution is -1.94. The van der Waals surface area contributed by atoms with Gasteiger partial charge >= 0.3 is 13.6 Å². The van der Waals surface area contributed by atoms with Crippen LogP contribution in [0.3, 0.4) is 0 Å². The van der Waals surface area contributed by atoms with Crippen LogP contribution in [-0.4, -0.2) is 23.0 Å². The van der Waals surface area contributed by atoms with Crippen LogP contribution in [0.2, 0.25) is 0 Å². The Morgan fingerprint density at radius 2 is 0.533 bits per heavy atom. The van der Waals surface area contributed by atoms with E-state index in [-0.39, 0.29) is 24.2 Å². The van der Waals surface area contributed by atoms with Crippen LogP contribution in [-0.2, 0) is 18.2 Å². The molecule has 45 heavy (non-hydrogen) atoms. The molecule has 0 aliphatic carbocycles. The summed E-state index contributed by atoms with van der Waals surface area (Å²) in [6, 6.07) is 0. The fourth-order valence-electron chi connectivity index (χ4n) is 5.84. The smallest absolute Gasteiger partial charge is 0.316 e. The highest BCUT2D eigenvalue weighted by Gasteiger charge is 2.35. The van der Waals surface area contributed by atoms with E-state index in [9.17, 15) is 18.9 Å². The lowest BCUT2D eigenvalue weighted by Gasteiger charge is -2.15. The van der Waals surface area contributed by atoms with E-state index in [1.165, 1.54) is 167 Å². The van der Waals surface area contributed by atoms with E-state index in [0.29, 0.717) is 12.8 Å². The van der Waals surface area contributed by atoms with Crippen molar-refractivity contribution in [3.63, 3.8) is 0 Å². The average molecular weight is 699 g/mol. The van der Waals surface area contributed by atoms with Crippen molar-refractivity contribution < 1.29 is 28.0 Å². The lowest BCUT2D eigenvalue weighted by atomic mass is 10.0. The molecule has 6 nitrogen and oxygen atoms in total. The molecule has 9 heteroatoms. The van der Waals surface area contributed by atoms with Crippen molar-refractivity contribution in [1.29, 1.82) is 0 Å². The molecule has 0 bridgehead atoms. The normalized spacial score (nSPS) is 14.5. The first kappa shape index (κ1) is 45.6. The Morgan fingerprint density at radius 1 is 0.356 bits per heavy atom. The summed E-state index contributed by atoms with van der Waals surface area (Å²) in [6.45, 7) is -3.66. The predicted molar refractivity (Wildman–Crippen MR) is 198 cm³/mol. The van der Waals surface area contributed by atoms with Crippen LogP contribution in [0.1, 0.15) is 219 Å². The summed E-state index contributed by atoms with van der Waals surface area (Å²) in [5, 5.41) is 0. The molecule has 0 aromatic rings. The highest BCUT2D eigenvalue weighted by molar-refractivity contribution is 8.84. The van der Waals surface area contributed by atoms with E-state index < -0.39 is 13.6 Å². The molecular weight excluding hydrogens is 622 g/mol. The van der Waals surface area contributed by atoms with Crippen molar-refractivity contribution >= 4 is 24.6 Å². The number of rotatable bonds is 38. The van der Waals surface area contributed by atoms with Gasteiger partial charge in [-0.1, -0.05) is 206 Å². The molecule has 0 heterocycles. The van der Waals surface area contributed by atoms with Crippen molar-refractivity contribution in [2.24, 2.45) is 0 Å². The van der Waals surface area contributed by atoms with Crippen molar-refractivity contribution in [1.82, 2.24) is 0 Å². The maximum Gasteiger partial charge on any atom is 0.397 e. The van der Waals surface area contributed by atoms with Gasteiger partial charge in [0.1, 0.15) is 0 Å². The van der Waals surface area contributed by atoms with Gasteiger partial charge in [-0.05, 0) is 12.8 Å². The molecule has 0 fully saturated rings. The molecule has 0 aromatic heterocycles. The van der Waals surface area contributed by atoms with Gasteiger partial charge in [0.15, 0.2) is 0 Å². The van der Waals surface area contributed by atoms with E-state index in [0.717, 1.165) is 25.7 Å². The number of hydrogen-bond acceptors (Lipinski definition) is 5. The second-order valence-electron chi connectivity index (χ2n) is 13.3. The minimum absolute atomic E-state index is 0.0587. The Labute approximate surface area is 284 Å². The first-order valence-corrected chi connectivity index (χ1v) is 24.7. The van der Waals surface area contributed by atoms with Gasteiger partial charge in [-0.2, -0.15) is 0 Å². The SMILES string of the molecule is CCCCCCCCCCCCCCCCCCOP(=O)(O)SP(=O)(O)OCCCCCCCCCCCCCCCCCC. The first-order valence-electron chi connectivity index (χ1n) is 19.5. The van der Waals surface area contributed by atoms with Gasteiger partial charge in [0.2, 0.25) is 0 Å². The third-order valence-corrected chi connectivity index (χ3v) is 15.7. The molecular formula is C36H76O6P2S. The monoisotopic (exact) mass is 698 g/mol. The molecule has 2 atom stereocenters. The zero-order valence-electron chi connectivity index (χ0n) is 29.9. The Morgan fingerprint density at radius 3 is 0.733 bits per heavy atom. The Balaban J connectivity index is 3.51. The molecule has 0 saturated carbocycles.